The van der Waals surface area contributed by atoms with Crippen LogP contribution in [0.3, 0.4) is 0 Å². The van der Waals surface area contributed by atoms with Crippen LogP contribution in [0.15, 0.2) is 108 Å². The van der Waals surface area contributed by atoms with Gasteiger partial charge in [-0.25, -0.2) is 24.0 Å². The number of ether oxygens (including phenoxy) is 9. The van der Waals surface area contributed by atoms with E-state index in [0.29, 0.717) is 6.42 Å². The summed E-state index contributed by atoms with van der Waals surface area (Å²) in [5.41, 5.74) is 8.21. The van der Waals surface area contributed by atoms with E-state index in [9.17, 15) is 29.5 Å². The van der Waals surface area contributed by atoms with Crippen LogP contribution in [0.5, 0.6) is 0 Å². The van der Waals surface area contributed by atoms with Crippen LogP contribution < -0.4 is 0 Å². The molecule has 17 heteroatoms. The summed E-state index contributed by atoms with van der Waals surface area (Å²) in [6.07, 6.45) is -2.42. The van der Waals surface area contributed by atoms with Crippen molar-refractivity contribution in [3.63, 3.8) is 0 Å². The first-order chi connectivity index (χ1) is 31.3. The van der Waals surface area contributed by atoms with E-state index in [1.165, 1.54) is 31.2 Å². The molecule has 0 radical (unpaired) electrons. The zero-order chi connectivity index (χ0) is 48.3. The number of unbranched alkanes of at least 4 members (excludes halogenated alkanes) is 4. The van der Waals surface area contributed by atoms with Crippen LogP contribution in [0, 0.1) is 0 Å². The standard InChI is InChI=1S/C49H61N3O14/c1-9-10-11-12-13-23-30-37(60-42(53)33-24-17-14-18-25-33)36(51-52-50)31-59-49(8)41(63-44(55)35-28-21-16-22-29-35)40(61-43(54)34-26-19-15-20-27-34)39(62-46(57)66-48(5,6)7)38(64-49)32-58-45(56)65-47(2,3)4/h14-30,36-41H,9-13,31-32H2,1-8H3/t36-,37+,38+,39-,40-,41+,49-/m0/s1. The smallest absolute Gasteiger partial charge is 0.454 e. The van der Waals surface area contributed by atoms with Crippen LogP contribution in [-0.2, 0) is 42.6 Å². The minimum Gasteiger partial charge on any atom is -0.454 e. The quantitative estimate of drug-likeness (QED) is 0.0196. The largest absolute Gasteiger partial charge is 0.509 e. The molecule has 0 amide bonds. The Hall–Kier alpha value is -6.42. The van der Waals surface area contributed by atoms with E-state index in [4.69, 9.17) is 42.6 Å². The maximum absolute atomic E-state index is 14.0. The van der Waals surface area contributed by atoms with Crippen molar-refractivity contribution in [1.82, 2.24) is 0 Å². The predicted octanol–water partition coefficient (Wildman–Crippen LogP) is 10.3. The van der Waals surface area contributed by atoms with Gasteiger partial charge in [-0.15, -0.1) is 0 Å². The zero-order valence-electron chi connectivity index (χ0n) is 38.8. The van der Waals surface area contributed by atoms with Gasteiger partial charge in [0, 0.05) is 4.91 Å². The molecule has 7 atom stereocenters. The molecule has 4 rings (SSSR count). The van der Waals surface area contributed by atoms with Crippen LogP contribution in [-0.4, -0.2) is 97.0 Å². The minimum absolute atomic E-state index is 0.0744. The molecular formula is C49H61N3O14. The highest BCUT2D eigenvalue weighted by Gasteiger charge is 2.60. The maximum atomic E-state index is 14.0. The highest BCUT2D eigenvalue weighted by atomic mass is 16.8. The fraction of sp³-hybridized carbons (Fsp3) is 0.490. The third kappa shape index (κ3) is 16.9. The van der Waals surface area contributed by atoms with Crippen molar-refractivity contribution in [2.45, 2.75) is 141 Å². The highest BCUT2D eigenvalue weighted by molar-refractivity contribution is 5.91. The Morgan fingerprint density at radius 3 is 1.79 bits per heavy atom. The molecule has 0 bridgehead atoms. The molecule has 1 aliphatic heterocycles. The van der Waals surface area contributed by atoms with Gasteiger partial charge in [-0.2, -0.15) is 0 Å². The lowest BCUT2D eigenvalue weighted by atomic mass is 9.92. The Kier molecular flexibility index (Phi) is 19.6. The van der Waals surface area contributed by atoms with Gasteiger partial charge in [0.2, 0.25) is 5.79 Å². The van der Waals surface area contributed by atoms with Crippen LogP contribution in [0.25, 0.3) is 10.4 Å². The van der Waals surface area contributed by atoms with Gasteiger partial charge in [0.05, 0.1) is 23.3 Å². The Morgan fingerprint density at radius 2 is 1.26 bits per heavy atom. The van der Waals surface area contributed by atoms with Gasteiger partial charge in [-0.1, -0.05) is 92.0 Å². The van der Waals surface area contributed by atoms with Gasteiger partial charge in [0.15, 0.2) is 18.3 Å². The van der Waals surface area contributed by atoms with Gasteiger partial charge in [-0.05, 0) is 109 Å². The summed E-state index contributed by atoms with van der Waals surface area (Å²) in [6.45, 7) is 11.9. The number of rotatable bonds is 20. The van der Waals surface area contributed by atoms with Crippen LogP contribution in [0.1, 0.15) is 119 Å². The molecule has 356 valence electrons. The van der Waals surface area contributed by atoms with Crippen molar-refractivity contribution in [3.05, 3.63) is 130 Å². The number of allylic oxidation sites excluding steroid dienone is 1. The molecule has 66 heavy (non-hydrogen) atoms. The first kappa shape index (κ1) is 52.2. The Balaban J connectivity index is 1.85. The molecule has 1 aliphatic rings. The van der Waals surface area contributed by atoms with E-state index < -0.39 is 97.0 Å². The van der Waals surface area contributed by atoms with Crippen molar-refractivity contribution < 1.29 is 66.6 Å². The van der Waals surface area contributed by atoms with Gasteiger partial charge in [0.25, 0.3) is 0 Å². The molecule has 0 saturated carbocycles. The monoisotopic (exact) mass is 915 g/mol. The molecule has 0 N–H and O–H groups in total. The summed E-state index contributed by atoms with van der Waals surface area (Å²) in [5, 5.41) is 3.96. The molecule has 0 spiro atoms. The van der Waals surface area contributed by atoms with Crippen LogP contribution in [0.2, 0.25) is 0 Å². The first-order valence-electron chi connectivity index (χ1n) is 21.9. The van der Waals surface area contributed by atoms with Gasteiger partial charge >= 0.3 is 30.2 Å². The van der Waals surface area contributed by atoms with Crippen molar-refractivity contribution in [1.29, 1.82) is 0 Å². The summed E-state index contributed by atoms with van der Waals surface area (Å²) in [4.78, 5) is 71.1. The average molecular weight is 916 g/mol. The normalized spacial score (nSPS) is 20.4. The summed E-state index contributed by atoms with van der Waals surface area (Å²) in [7, 11) is 0. The Morgan fingerprint density at radius 1 is 0.727 bits per heavy atom. The summed E-state index contributed by atoms with van der Waals surface area (Å²) < 4.78 is 53.5. The number of nitrogens with zero attached hydrogens (tertiary/aromatic N) is 3. The summed E-state index contributed by atoms with van der Waals surface area (Å²) in [6, 6.07) is 22.7. The molecule has 3 aromatic carbocycles. The third-order valence-corrected chi connectivity index (χ3v) is 9.69. The van der Waals surface area contributed by atoms with Crippen molar-refractivity contribution in [2.75, 3.05) is 13.2 Å². The number of carbonyl (C=O) groups excluding carboxylic acids is 5. The fourth-order valence-corrected chi connectivity index (χ4v) is 6.59. The van der Waals surface area contributed by atoms with Crippen molar-refractivity contribution in [3.8, 4) is 0 Å². The number of hydrogen-bond acceptors (Lipinski definition) is 15. The van der Waals surface area contributed by atoms with E-state index in [1.807, 2.05) is 6.08 Å². The lowest BCUT2D eigenvalue weighted by Crippen LogP contribution is -2.68. The van der Waals surface area contributed by atoms with Gasteiger partial charge in [-0.3, -0.25) is 0 Å². The van der Waals surface area contributed by atoms with E-state index >= 15 is 0 Å². The molecule has 0 unspecified atom stereocenters. The van der Waals surface area contributed by atoms with E-state index in [2.05, 4.69) is 16.9 Å². The Labute approximate surface area is 385 Å². The second-order valence-corrected chi connectivity index (χ2v) is 17.5. The van der Waals surface area contributed by atoms with E-state index in [0.717, 1.165) is 25.7 Å². The van der Waals surface area contributed by atoms with Crippen LogP contribution >= 0.6 is 0 Å². The topological polar surface area (TPSA) is 217 Å². The molecular weight excluding hydrogens is 855 g/mol. The summed E-state index contributed by atoms with van der Waals surface area (Å²) >= 11 is 0. The van der Waals surface area contributed by atoms with Crippen molar-refractivity contribution >= 4 is 30.2 Å². The lowest BCUT2D eigenvalue weighted by molar-refractivity contribution is -0.356. The van der Waals surface area contributed by atoms with E-state index in [1.54, 1.807) is 114 Å². The molecule has 0 aromatic heterocycles. The maximum Gasteiger partial charge on any atom is 0.509 e. The molecule has 1 saturated heterocycles. The first-order valence-corrected chi connectivity index (χ1v) is 21.9. The number of benzene rings is 3. The third-order valence-electron chi connectivity index (χ3n) is 9.69. The lowest BCUT2D eigenvalue weighted by Gasteiger charge is -2.49. The fourth-order valence-electron chi connectivity index (χ4n) is 6.59. The molecule has 17 nitrogen and oxygen atoms in total. The molecule has 1 fully saturated rings. The highest BCUT2D eigenvalue weighted by Crippen LogP contribution is 2.38. The molecule has 3 aromatic rings. The molecule has 1 heterocycles. The average Bonchev–Trinajstić information content (AvgIpc) is 3.27. The number of carbonyl (C=O) groups is 5. The SMILES string of the molecule is CCCCCCC=C[C@@H](OC(=O)c1ccccc1)[C@H](CO[C@@]1(C)O[C@H](COC(=O)OC(C)(C)C)[C@H](OC(=O)OC(C)(C)C)[C@H](OC(=O)c2ccccc2)[C@H]1OC(=O)c1ccccc1)N=[N+]=[N-]. The number of esters is 3. The van der Waals surface area contributed by atoms with Crippen LogP contribution in [0.4, 0.5) is 9.59 Å². The second kappa shape index (κ2) is 24.8. The van der Waals surface area contributed by atoms with Gasteiger partial charge in [0.1, 0.15) is 36.1 Å². The van der Waals surface area contributed by atoms with Gasteiger partial charge < -0.3 is 42.6 Å². The second-order valence-electron chi connectivity index (χ2n) is 17.5. The zero-order valence-corrected chi connectivity index (χ0v) is 38.8. The van der Waals surface area contributed by atoms with Crippen molar-refractivity contribution in [2.24, 2.45) is 5.11 Å². The molecule has 0 aliphatic carbocycles. The summed E-state index contributed by atoms with van der Waals surface area (Å²) in [5.74, 6) is -4.78. The van der Waals surface area contributed by atoms with E-state index in [-0.39, 0.29) is 16.7 Å². The number of azide groups is 1. The predicted molar refractivity (Wildman–Crippen MR) is 240 cm³/mol. The minimum atomic E-state index is -2.22. The number of hydrogen-bond donors (Lipinski definition) is 0. The Bertz CT molecular complexity index is 2120.